The van der Waals surface area contributed by atoms with Crippen LogP contribution in [0.1, 0.15) is 23.8 Å². The van der Waals surface area contributed by atoms with E-state index in [0.717, 1.165) is 22.9 Å². The number of carbonyl (C=O) groups is 3. The maximum Gasteiger partial charge on any atom is 0.316 e. The van der Waals surface area contributed by atoms with E-state index in [-0.39, 0.29) is 23.3 Å². The van der Waals surface area contributed by atoms with Gasteiger partial charge >= 0.3 is 5.97 Å². The zero-order chi connectivity index (χ0) is 24.3. The fourth-order valence-electron chi connectivity index (χ4n) is 3.19. The molecule has 1 aromatic heterocycles. The van der Waals surface area contributed by atoms with Crippen LogP contribution in [0.25, 0.3) is 0 Å². The van der Waals surface area contributed by atoms with Gasteiger partial charge in [0.15, 0.2) is 11.9 Å². The largest absolute Gasteiger partial charge is 0.452 e. The molecule has 0 aliphatic heterocycles. The van der Waals surface area contributed by atoms with Crippen molar-refractivity contribution in [2.45, 2.75) is 33.0 Å². The average Bonchev–Trinajstić information content (AvgIpc) is 3.23. The van der Waals surface area contributed by atoms with Gasteiger partial charge in [-0.3, -0.25) is 14.4 Å². The Morgan fingerprint density at radius 3 is 2.12 bits per heavy atom. The van der Waals surface area contributed by atoms with Gasteiger partial charge in [-0.15, -0.1) is 11.8 Å². The van der Waals surface area contributed by atoms with E-state index in [4.69, 9.17) is 9.26 Å². The normalized spacial score (nSPS) is 11.5. The molecule has 1 N–H and O–H groups in total. The number of ether oxygens (including phenoxy) is 1. The molecule has 3 aromatic rings. The second kappa shape index (κ2) is 12.6. The number of rotatable bonds is 11. The van der Waals surface area contributed by atoms with E-state index in [1.807, 2.05) is 60.7 Å². The molecule has 0 spiro atoms. The molecular weight excluding hydrogens is 454 g/mol. The third kappa shape index (κ3) is 8.08. The first kappa shape index (κ1) is 25.0. The Morgan fingerprint density at radius 2 is 1.59 bits per heavy atom. The number of aromatic nitrogens is 1. The highest BCUT2D eigenvalue weighted by Crippen LogP contribution is 2.14. The summed E-state index contributed by atoms with van der Waals surface area (Å²) in [5.74, 6) is -0.272. The number of hydrogen-bond acceptors (Lipinski definition) is 7. The second-order valence-corrected chi connectivity index (χ2v) is 8.65. The quantitative estimate of drug-likeness (QED) is 0.416. The van der Waals surface area contributed by atoms with Gasteiger partial charge in [0.25, 0.3) is 5.91 Å². The summed E-state index contributed by atoms with van der Waals surface area (Å²) < 4.78 is 10.2. The SMILES string of the molecule is Cc1cc(NC(=O)CSCC(=O)OC(C)C(=O)N(Cc2ccccc2)Cc2ccccc2)no1. The molecule has 2 aromatic carbocycles. The smallest absolute Gasteiger partial charge is 0.316 e. The molecule has 0 fully saturated rings. The van der Waals surface area contributed by atoms with E-state index in [1.165, 1.54) is 0 Å². The van der Waals surface area contributed by atoms with Crippen LogP contribution in [0.3, 0.4) is 0 Å². The zero-order valence-electron chi connectivity index (χ0n) is 19.1. The lowest BCUT2D eigenvalue weighted by Crippen LogP contribution is -2.39. The Morgan fingerprint density at radius 1 is 1.00 bits per heavy atom. The van der Waals surface area contributed by atoms with Crippen LogP contribution < -0.4 is 5.32 Å². The number of thioether (sulfide) groups is 1. The van der Waals surface area contributed by atoms with Gasteiger partial charge in [0.05, 0.1) is 11.5 Å². The zero-order valence-corrected chi connectivity index (χ0v) is 19.9. The molecule has 1 atom stereocenters. The van der Waals surface area contributed by atoms with Gasteiger partial charge in [0.1, 0.15) is 5.76 Å². The number of esters is 1. The van der Waals surface area contributed by atoms with Gasteiger partial charge in [-0.1, -0.05) is 65.8 Å². The molecule has 3 rings (SSSR count). The number of carbonyl (C=O) groups excluding carboxylic acids is 3. The summed E-state index contributed by atoms with van der Waals surface area (Å²) in [5.41, 5.74) is 1.96. The van der Waals surface area contributed by atoms with Crippen LogP contribution in [-0.2, 0) is 32.2 Å². The topological polar surface area (TPSA) is 102 Å². The highest BCUT2D eigenvalue weighted by Gasteiger charge is 2.24. The van der Waals surface area contributed by atoms with Crippen molar-refractivity contribution in [1.29, 1.82) is 0 Å². The van der Waals surface area contributed by atoms with Crippen molar-refractivity contribution in [1.82, 2.24) is 10.1 Å². The Hall–Kier alpha value is -3.59. The predicted octanol–water partition coefficient (Wildman–Crippen LogP) is 3.82. The minimum atomic E-state index is -0.951. The van der Waals surface area contributed by atoms with Crippen LogP contribution in [0.2, 0.25) is 0 Å². The first-order valence-corrected chi connectivity index (χ1v) is 11.9. The van der Waals surface area contributed by atoms with E-state index in [1.54, 1.807) is 24.8 Å². The Kier molecular flexibility index (Phi) is 9.28. The van der Waals surface area contributed by atoms with E-state index in [2.05, 4.69) is 10.5 Å². The fourth-order valence-corrected chi connectivity index (χ4v) is 3.78. The number of nitrogens with zero attached hydrogens (tertiary/aromatic N) is 2. The van der Waals surface area contributed by atoms with Crippen LogP contribution in [-0.4, -0.2) is 45.4 Å². The molecule has 1 unspecified atom stereocenters. The molecular formula is C25H27N3O5S. The number of hydrogen-bond donors (Lipinski definition) is 1. The Balaban J connectivity index is 1.50. The van der Waals surface area contributed by atoms with E-state index >= 15 is 0 Å². The lowest BCUT2D eigenvalue weighted by molar-refractivity contribution is -0.157. The third-order valence-corrected chi connectivity index (χ3v) is 5.65. The van der Waals surface area contributed by atoms with Crippen molar-refractivity contribution in [2.75, 3.05) is 16.8 Å². The summed E-state index contributed by atoms with van der Waals surface area (Å²) in [5, 5.41) is 6.26. The molecule has 0 saturated heterocycles. The highest BCUT2D eigenvalue weighted by molar-refractivity contribution is 8.00. The fraction of sp³-hybridized carbons (Fsp3) is 0.280. The molecule has 8 nitrogen and oxygen atoms in total. The lowest BCUT2D eigenvalue weighted by atomic mass is 10.1. The Bertz CT molecular complexity index is 1050. The molecule has 2 amide bonds. The number of nitrogens with one attached hydrogen (secondary N) is 1. The van der Waals surface area contributed by atoms with Gasteiger partial charge in [0, 0.05) is 19.2 Å². The number of amides is 2. The van der Waals surface area contributed by atoms with E-state index in [0.29, 0.717) is 24.7 Å². The molecule has 178 valence electrons. The van der Waals surface area contributed by atoms with Crippen LogP contribution in [0.5, 0.6) is 0 Å². The van der Waals surface area contributed by atoms with Crippen molar-refractivity contribution < 1.29 is 23.6 Å². The van der Waals surface area contributed by atoms with Gasteiger partial charge in [-0.2, -0.15) is 0 Å². The van der Waals surface area contributed by atoms with Gasteiger partial charge in [-0.05, 0) is 25.0 Å². The third-order valence-electron chi connectivity index (χ3n) is 4.75. The maximum absolute atomic E-state index is 13.1. The first-order valence-electron chi connectivity index (χ1n) is 10.8. The van der Waals surface area contributed by atoms with E-state index < -0.39 is 12.1 Å². The minimum Gasteiger partial charge on any atom is -0.452 e. The minimum absolute atomic E-state index is 0.0392. The lowest BCUT2D eigenvalue weighted by Gasteiger charge is -2.26. The van der Waals surface area contributed by atoms with Crippen molar-refractivity contribution in [3.63, 3.8) is 0 Å². The summed E-state index contributed by atoms with van der Waals surface area (Å²) in [6.07, 6.45) is -0.951. The monoisotopic (exact) mass is 481 g/mol. The van der Waals surface area contributed by atoms with Gasteiger partial charge in [0.2, 0.25) is 5.91 Å². The molecule has 0 aliphatic carbocycles. The second-order valence-electron chi connectivity index (χ2n) is 7.66. The van der Waals surface area contributed by atoms with Crippen LogP contribution >= 0.6 is 11.8 Å². The number of benzene rings is 2. The number of anilines is 1. The van der Waals surface area contributed by atoms with Crippen LogP contribution in [0, 0.1) is 6.92 Å². The van der Waals surface area contributed by atoms with Crippen molar-refractivity contribution >= 4 is 35.4 Å². The Labute approximate surface area is 202 Å². The van der Waals surface area contributed by atoms with Crippen LogP contribution in [0.4, 0.5) is 5.82 Å². The summed E-state index contributed by atoms with van der Waals surface area (Å²) in [7, 11) is 0. The highest BCUT2D eigenvalue weighted by atomic mass is 32.2. The predicted molar refractivity (Wildman–Crippen MR) is 130 cm³/mol. The first-order chi connectivity index (χ1) is 16.4. The van der Waals surface area contributed by atoms with Crippen molar-refractivity contribution in [3.8, 4) is 0 Å². The number of aryl methyl sites for hydroxylation is 1. The molecule has 0 aliphatic rings. The summed E-state index contributed by atoms with van der Waals surface area (Å²) in [6.45, 7) is 4.07. The molecule has 34 heavy (non-hydrogen) atoms. The van der Waals surface area contributed by atoms with Crippen LogP contribution in [0.15, 0.2) is 71.3 Å². The van der Waals surface area contributed by atoms with Crippen molar-refractivity contribution in [2.24, 2.45) is 0 Å². The summed E-state index contributed by atoms with van der Waals surface area (Å²) >= 11 is 1.09. The molecule has 0 saturated carbocycles. The average molecular weight is 482 g/mol. The van der Waals surface area contributed by atoms with Crippen molar-refractivity contribution in [3.05, 3.63) is 83.6 Å². The van der Waals surface area contributed by atoms with Gasteiger partial charge < -0.3 is 19.5 Å². The summed E-state index contributed by atoms with van der Waals surface area (Å²) in [4.78, 5) is 39.0. The molecule has 0 bridgehead atoms. The molecule has 1 heterocycles. The maximum atomic E-state index is 13.1. The summed E-state index contributed by atoms with van der Waals surface area (Å²) in [6, 6.07) is 20.9. The molecule has 9 heteroatoms. The standard InChI is InChI=1S/C25H27N3O5S/c1-18-13-22(27-33-18)26-23(29)16-34-17-24(30)32-19(2)25(31)28(14-20-9-5-3-6-10-20)15-21-11-7-4-8-12-21/h3-13,19H,14-17H2,1-2H3,(H,26,27,29). The van der Waals surface area contributed by atoms with Gasteiger partial charge in [-0.25, -0.2) is 0 Å². The molecule has 0 radical (unpaired) electrons. The van der Waals surface area contributed by atoms with E-state index in [9.17, 15) is 14.4 Å².